The fourth-order valence-electron chi connectivity index (χ4n) is 7.04. The number of carbonyl (C=O) groups is 1. The number of H-pyrrole nitrogens is 2. The molecule has 4 aromatic rings. The van der Waals surface area contributed by atoms with Gasteiger partial charge in [0, 0.05) is 52.2 Å². The molecule has 0 spiro atoms. The molecule has 6 heteroatoms. The van der Waals surface area contributed by atoms with Gasteiger partial charge in [0.25, 0.3) is 0 Å². The van der Waals surface area contributed by atoms with Crippen LogP contribution in [0.2, 0.25) is 0 Å². The van der Waals surface area contributed by atoms with E-state index in [0.717, 1.165) is 36.8 Å². The maximum atomic E-state index is 13.3. The van der Waals surface area contributed by atoms with E-state index in [2.05, 4.69) is 83.6 Å². The van der Waals surface area contributed by atoms with E-state index in [-0.39, 0.29) is 29.8 Å². The molecule has 4 atom stereocenters. The van der Waals surface area contributed by atoms with Gasteiger partial charge in [-0.25, -0.2) is 0 Å². The maximum Gasteiger partial charge on any atom is 0.310 e. The van der Waals surface area contributed by atoms with Crippen LogP contribution >= 0.6 is 0 Å². The van der Waals surface area contributed by atoms with E-state index in [9.17, 15) is 4.79 Å². The lowest BCUT2D eigenvalue weighted by molar-refractivity contribution is -0.151. The number of methoxy groups -OCH3 is 1. The number of esters is 1. The number of likely N-dealkylation sites (N-methyl/N-ethyl adjacent to an activating group) is 1. The summed E-state index contributed by atoms with van der Waals surface area (Å²) in [7, 11) is 3.67. The third-order valence-electron chi connectivity index (χ3n) is 8.87. The second kappa shape index (κ2) is 9.51. The number of allylic oxidation sites excluding steroid dienone is 1. The lowest BCUT2D eigenvalue weighted by atomic mass is 9.67. The number of aromatic amines is 2. The van der Waals surface area contributed by atoms with E-state index in [1.807, 2.05) is 0 Å². The van der Waals surface area contributed by atoms with Crippen LogP contribution in [0.5, 0.6) is 0 Å². The van der Waals surface area contributed by atoms with Gasteiger partial charge in [0.1, 0.15) is 0 Å². The van der Waals surface area contributed by atoms with E-state index in [1.54, 1.807) is 0 Å². The van der Waals surface area contributed by atoms with Crippen LogP contribution in [0.4, 0.5) is 0 Å². The zero-order valence-electron chi connectivity index (χ0n) is 21.9. The molecule has 4 N–H and O–H groups in total. The highest BCUT2D eigenvalue weighted by Crippen LogP contribution is 2.47. The molecule has 2 aromatic carbocycles. The molecule has 2 bridgehead atoms. The summed E-state index contributed by atoms with van der Waals surface area (Å²) in [6.45, 7) is 3.61. The highest BCUT2D eigenvalue weighted by atomic mass is 16.5. The van der Waals surface area contributed by atoms with Crippen LogP contribution in [0.15, 0.2) is 60.3 Å². The molecular formula is C31H36N4O2. The first-order valence-electron chi connectivity index (χ1n) is 13.4. The van der Waals surface area contributed by atoms with E-state index in [0.29, 0.717) is 6.54 Å². The average molecular weight is 497 g/mol. The van der Waals surface area contributed by atoms with Crippen molar-refractivity contribution in [2.75, 3.05) is 27.2 Å². The topological polar surface area (TPSA) is 87.1 Å². The Hall–Kier alpha value is -3.35. The van der Waals surface area contributed by atoms with Crippen LogP contribution in [0.1, 0.15) is 41.6 Å². The molecule has 1 aliphatic heterocycles. The Bertz CT molecular complexity index is 1500. The van der Waals surface area contributed by atoms with Crippen LogP contribution < -0.4 is 5.73 Å². The molecule has 2 aromatic heterocycles. The number of nitrogens with one attached hydrogen (secondary N) is 2. The first-order valence-corrected chi connectivity index (χ1v) is 13.4. The normalized spacial score (nSPS) is 25.2. The number of piperidine rings is 1. The smallest absolute Gasteiger partial charge is 0.310 e. The number of hydrogen-bond acceptors (Lipinski definition) is 4. The molecule has 0 radical (unpaired) electrons. The van der Waals surface area contributed by atoms with Crippen LogP contribution in [-0.2, 0) is 22.4 Å². The number of carbonyl (C=O) groups excluding carboxylic acids is 1. The number of fused-ring (bicyclic) bond motifs is 6. The summed E-state index contributed by atoms with van der Waals surface area (Å²) in [5, 5.41) is 2.49. The number of hydrogen-bond donors (Lipinski definition) is 3. The van der Waals surface area contributed by atoms with Crippen molar-refractivity contribution in [3.63, 3.8) is 0 Å². The number of aromatic nitrogens is 2. The molecular weight excluding hydrogens is 460 g/mol. The molecule has 0 amide bonds. The van der Waals surface area contributed by atoms with Gasteiger partial charge in [-0.1, -0.05) is 42.0 Å². The Balaban J connectivity index is 1.56. The number of benzene rings is 2. The van der Waals surface area contributed by atoms with Gasteiger partial charge in [0.2, 0.25) is 0 Å². The van der Waals surface area contributed by atoms with E-state index >= 15 is 0 Å². The van der Waals surface area contributed by atoms with Crippen molar-refractivity contribution in [3.05, 3.63) is 82.7 Å². The van der Waals surface area contributed by atoms with Crippen molar-refractivity contribution >= 4 is 27.8 Å². The molecule has 1 saturated heterocycles. The van der Waals surface area contributed by atoms with Crippen LogP contribution in [0, 0.1) is 11.8 Å². The minimum absolute atomic E-state index is 0.0877. The maximum absolute atomic E-state index is 13.3. The largest absolute Gasteiger partial charge is 0.469 e. The third-order valence-corrected chi connectivity index (χ3v) is 8.87. The Morgan fingerprint density at radius 2 is 2.03 bits per heavy atom. The van der Waals surface area contributed by atoms with Crippen LogP contribution in [0.25, 0.3) is 21.8 Å². The number of nitrogens with zero attached hydrogens (tertiary/aromatic N) is 1. The zero-order valence-corrected chi connectivity index (χ0v) is 21.9. The van der Waals surface area contributed by atoms with Gasteiger partial charge in [-0.3, -0.25) is 9.69 Å². The summed E-state index contributed by atoms with van der Waals surface area (Å²) in [5.41, 5.74) is 14.6. The van der Waals surface area contributed by atoms with E-state index < -0.39 is 0 Å². The zero-order chi connectivity index (χ0) is 25.7. The SMILES string of the molecule is C/C=C1/CN(C)[C@H]2Cc3c([nH]c4ccccc34)[C@H](c3ccc4c(CCN)c[nH]c4c3)C[C@@H]1[C@@H]2C(=O)OC. The summed E-state index contributed by atoms with van der Waals surface area (Å²) in [4.78, 5) is 23.0. The molecule has 2 aliphatic rings. The van der Waals surface area contributed by atoms with Gasteiger partial charge in [-0.15, -0.1) is 0 Å². The Labute approximate surface area is 217 Å². The summed E-state index contributed by atoms with van der Waals surface area (Å²) >= 11 is 0. The first-order chi connectivity index (χ1) is 18.0. The third kappa shape index (κ3) is 3.90. The van der Waals surface area contributed by atoms with Gasteiger partial charge in [-0.2, -0.15) is 0 Å². The Morgan fingerprint density at radius 1 is 1.19 bits per heavy atom. The Morgan fingerprint density at radius 3 is 2.81 bits per heavy atom. The quantitative estimate of drug-likeness (QED) is 0.277. The van der Waals surface area contributed by atoms with Gasteiger partial charge in [0.15, 0.2) is 0 Å². The monoisotopic (exact) mass is 496 g/mol. The second-order valence-electron chi connectivity index (χ2n) is 10.7. The van der Waals surface area contributed by atoms with Crippen LogP contribution in [0.3, 0.4) is 0 Å². The molecule has 1 fully saturated rings. The lowest BCUT2D eigenvalue weighted by Crippen LogP contribution is -2.53. The predicted molar refractivity (Wildman–Crippen MR) is 149 cm³/mol. The second-order valence-corrected chi connectivity index (χ2v) is 10.7. The summed E-state index contributed by atoms with van der Waals surface area (Å²) in [6, 6.07) is 15.5. The number of rotatable bonds is 4. The molecule has 37 heavy (non-hydrogen) atoms. The number of para-hydroxylation sites is 1. The van der Waals surface area contributed by atoms with E-state index in [1.165, 1.54) is 45.8 Å². The standard InChI is InChI=1S/C31H36N4O2/c1-4-18-17-35(2)28-15-25-22-7-5-6-8-26(22)34-30(25)24(14-23(18)29(28)31(36)37-3)19-9-10-21-20(11-12-32)16-33-27(21)13-19/h4-10,13,16,23-24,28-29,33-34H,11-12,14-15,17,32H2,1-3H3/b18-4-/t23-,24-,28-,29-/m0/s1. The minimum Gasteiger partial charge on any atom is -0.469 e. The highest BCUT2D eigenvalue weighted by molar-refractivity contribution is 5.87. The number of ether oxygens (including phenoxy) is 1. The molecule has 0 saturated carbocycles. The first kappa shape index (κ1) is 24.0. The summed E-state index contributed by atoms with van der Waals surface area (Å²) < 4.78 is 5.43. The van der Waals surface area contributed by atoms with E-state index in [4.69, 9.17) is 10.5 Å². The summed E-state index contributed by atoms with van der Waals surface area (Å²) in [5.74, 6) is -0.0568. The van der Waals surface area contributed by atoms with Gasteiger partial charge >= 0.3 is 5.97 Å². The fraction of sp³-hybridized carbons (Fsp3) is 0.387. The number of likely N-dealkylation sites (tertiary alicyclic amines) is 1. The molecule has 6 nitrogen and oxygen atoms in total. The predicted octanol–water partition coefficient (Wildman–Crippen LogP) is 4.89. The summed E-state index contributed by atoms with van der Waals surface area (Å²) in [6.07, 6.45) is 6.82. The fourth-order valence-corrected chi connectivity index (χ4v) is 7.04. The van der Waals surface area contributed by atoms with Crippen molar-refractivity contribution in [1.82, 2.24) is 14.9 Å². The van der Waals surface area contributed by atoms with Gasteiger partial charge in [-0.05, 0) is 74.5 Å². The van der Waals surface area contributed by atoms with Gasteiger partial charge in [0.05, 0.1) is 13.0 Å². The van der Waals surface area contributed by atoms with Crippen molar-refractivity contribution in [3.8, 4) is 0 Å². The van der Waals surface area contributed by atoms with Crippen molar-refractivity contribution < 1.29 is 9.53 Å². The molecule has 3 heterocycles. The lowest BCUT2D eigenvalue weighted by Gasteiger charge is -2.46. The average Bonchev–Trinajstić information content (AvgIpc) is 3.48. The Kier molecular flexibility index (Phi) is 6.17. The van der Waals surface area contributed by atoms with Gasteiger partial charge < -0.3 is 20.4 Å². The minimum atomic E-state index is -0.204. The molecule has 0 unspecified atom stereocenters. The van der Waals surface area contributed by atoms with Crippen molar-refractivity contribution in [2.24, 2.45) is 17.6 Å². The van der Waals surface area contributed by atoms with Crippen molar-refractivity contribution in [2.45, 2.75) is 38.1 Å². The molecule has 6 rings (SSSR count). The molecule has 192 valence electrons. The molecule has 1 aliphatic carbocycles. The van der Waals surface area contributed by atoms with Crippen molar-refractivity contribution in [1.29, 1.82) is 0 Å². The number of nitrogens with two attached hydrogens (primary N) is 1. The highest BCUT2D eigenvalue weighted by Gasteiger charge is 2.47. The van der Waals surface area contributed by atoms with Crippen LogP contribution in [-0.4, -0.2) is 54.1 Å².